The first-order valence-electron chi connectivity index (χ1n) is 5.56. The maximum Gasteiger partial charge on any atom is 0.263 e. The first-order valence-corrected chi connectivity index (χ1v) is 6.79. The average molecular weight is 306 g/mol. The third-order valence-electron chi connectivity index (χ3n) is 2.42. The Morgan fingerprint density at radius 2 is 2.30 bits per heavy atom. The molecule has 1 amide bonds. The molecule has 2 rings (SSSR count). The second kappa shape index (κ2) is 6.41. The number of nitrogens with zero attached hydrogens (tertiary/aromatic N) is 1. The molecule has 1 heterocycles. The van der Waals surface area contributed by atoms with Crippen LogP contribution in [0.1, 0.15) is 5.56 Å². The van der Waals surface area contributed by atoms with Crippen molar-refractivity contribution in [2.24, 2.45) is 0 Å². The van der Waals surface area contributed by atoms with Gasteiger partial charge in [0.25, 0.3) is 5.91 Å². The Morgan fingerprint density at radius 1 is 1.50 bits per heavy atom. The monoisotopic (exact) mass is 306 g/mol. The number of hydrogen-bond donors (Lipinski definition) is 1. The van der Waals surface area contributed by atoms with Gasteiger partial charge in [-0.1, -0.05) is 30.0 Å². The molecule has 0 aromatic heterocycles. The summed E-state index contributed by atoms with van der Waals surface area (Å²) >= 11 is 6.14. The van der Waals surface area contributed by atoms with Crippen molar-refractivity contribution < 1.29 is 14.3 Å². The summed E-state index contributed by atoms with van der Waals surface area (Å²) in [5, 5.41) is 11.1. The van der Waals surface area contributed by atoms with Crippen LogP contribution in [-0.2, 0) is 4.79 Å². The SMILES string of the molecule is COc1cc(/C=C2/SC(=S)NC2=O)ccc1OCC#N. The lowest BCUT2D eigenvalue weighted by Gasteiger charge is -2.08. The third-order valence-corrected chi connectivity index (χ3v) is 3.58. The number of amides is 1. The summed E-state index contributed by atoms with van der Waals surface area (Å²) in [6, 6.07) is 7.09. The van der Waals surface area contributed by atoms with Crippen molar-refractivity contribution >= 4 is 40.3 Å². The largest absolute Gasteiger partial charge is 0.493 e. The standard InChI is InChI=1S/C13H10N2O3S2/c1-17-10-6-8(2-3-9(10)18-5-4-14)7-11-12(16)15-13(19)20-11/h2-3,6-7H,5H2,1H3,(H,15,16,19)/b11-7+. The van der Waals surface area contributed by atoms with E-state index in [-0.39, 0.29) is 12.5 Å². The van der Waals surface area contributed by atoms with E-state index in [1.165, 1.54) is 18.9 Å². The zero-order valence-corrected chi connectivity index (χ0v) is 12.1. The Hall–Kier alpha value is -2.04. The van der Waals surface area contributed by atoms with E-state index in [0.29, 0.717) is 20.7 Å². The number of ether oxygens (including phenoxy) is 2. The quantitative estimate of drug-likeness (QED) is 0.678. The average Bonchev–Trinajstić information content (AvgIpc) is 2.75. The van der Waals surface area contributed by atoms with E-state index in [1.807, 2.05) is 6.07 Å². The summed E-state index contributed by atoms with van der Waals surface area (Å²) in [4.78, 5) is 12.1. The topological polar surface area (TPSA) is 71.3 Å². The van der Waals surface area contributed by atoms with Gasteiger partial charge in [-0.3, -0.25) is 4.79 Å². The van der Waals surface area contributed by atoms with Crippen molar-refractivity contribution in [2.75, 3.05) is 13.7 Å². The summed E-state index contributed by atoms with van der Waals surface area (Å²) in [7, 11) is 1.51. The fourth-order valence-electron chi connectivity index (χ4n) is 1.58. The van der Waals surface area contributed by atoms with Crippen molar-refractivity contribution in [2.45, 2.75) is 0 Å². The molecule has 102 valence electrons. The van der Waals surface area contributed by atoms with Gasteiger partial charge in [0, 0.05) is 0 Å². The van der Waals surface area contributed by atoms with Gasteiger partial charge in [-0.15, -0.1) is 0 Å². The zero-order chi connectivity index (χ0) is 14.5. The molecule has 0 aliphatic carbocycles. The van der Waals surface area contributed by atoms with Gasteiger partial charge in [-0.25, -0.2) is 0 Å². The molecule has 0 unspecified atom stereocenters. The minimum Gasteiger partial charge on any atom is -0.493 e. The van der Waals surface area contributed by atoms with Crippen LogP contribution in [0.15, 0.2) is 23.1 Å². The summed E-state index contributed by atoms with van der Waals surface area (Å²) in [5.74, 6) is 0.777. The van der Waals surface area contributed by atoms with Crippen LogP contribution >= 0.6 is 24.0 Å². The van der Waals surface area contributed by atoms with Crippen LogP contribution in [0.2, 0.25) is 0 Å². The Bertz CT molecular complexity index is 635. The Labute approximate surface area is 125 Å². The maximum atomic E-state index is 11.6. The molecule has 0 spiro atoms. The first kappa shape index (κ1) is 14.4. The van der Waals surface area contributed by atoms with Gasteiger partial charge in [-0.05, 0) is 23.8 Å². The van der Waals surface area contributed by atoms with E-state index in [2.05, 4.69) is 5.32 Å². The molecule has 1 fully saturated rings. The highest BCUT2D eigenvalue weighted by Crippen LogP contribution is 2.31. The summed E-state index contributed by atoms with van der Waals surface area (Å²) in [6.07, 6.45) is 1.72. The van der Waals surface area contributed by atoms with Crippen LogP contribution < -0.4 is 14.8 Å². The van der Waals surface area contributed by atoms with Crippen molar-refractivity contribution in [1.29, 1.82) is 5.26 Å². The van der Waals surface area contributed by atoms with E-state index in [1.54, 1.807) is 24.3 Å². The van der Waals surface area contributed by atoms with Gasteiger partial charge in [0.2, 0.25) is 0 Å². The fraction of sp³-hybridized carbons (Fsp3) is 0.154. The van der Waals surface area contributed by atoms with E-state index in [0.717, 1.165) is 5.56 Å². The van der Waals surface area contributed by atoms with Crippen molar-refractivity contribution in [1.82, 2.24) is 5.32 Å². The van der Waals surface area contributed by atoms with Crippen molar-refractivity contribution in [3.8, 4) is 17.6 Å². The number of thioether (sulfide) groups is 1. The van der Waals surface area contributed by atoms with Crippen LogP contribution in [0.4, 0.5) is 0 Å². The molecule has 1 aliphatic rings. The summed E-state index contributed by atoms with van der Waals surface area (Å²) in [6.45, 7) is -0.0523. The van der Waals surface area contributed by atoms with Crippen molar-refractivity contribution in [3.05, 3.63) is 28.7 Å². The number of methoxy groups -OCH3 is 1. The van der Waals surface area contributed by atoms with E-state index in [4.69, 9.17) is 27.0 Å². The Balaban J connectivity index is 2.26. The van der Waals surface area contributed by atoms with E-state index in [9.17, 15) is 4.79 Å². The minimum atomic E-state index is -0.205. The number of nitrogens with one attached hydrogen (secondary N) is 1. The number of benzene rings is 1. The fourth-order valence-corrected chi connectivity index (χ4v) is 2.62. The molecule has 0 atom stereocenters. The predicted octanol–water partition coefficient (Wildman–Crippen LogP) is 2.09. The molecule has 0 saturated carbocycles. The molecule has 7 heteroatoms. The number of rotatable bonds is 4. The lowest BCUT2D eigenvalue weighted by Crippen LogP contribution is -2.17. The van der Waals surface area contributed by atoms with E-state index >= 15 is 0 Å². The molecule has 0 bridgehead atoms. The second-order valence-corrected chi connectivity index (χ2v) is 5.43. The third kappa shape index (κ3) is 3.29. The number of carbonyl (C=O) groups is 1. The Morgan fingerprint density at radius 3 is 2.90 bits per heavy atom. The second-order valence-electron chi connectivity index (χ2n) is 3.71. The predicted molar refractivity (Wildman–Crippen MR) is 80.4 cm³/mol. The lowest BCUT2D eigenvalue weighted by molar-refractivity contribution is -0.115. The summed E-state index contributed by atoms with van der Waals surface area (Å²) < 4.78 is 10.9. The molecule has 1 N–H and O–H groups in total. The van der Waals surface area contributed by atoms with Gasteiger partial charge in [0.1, 0.15) is 10.4 Å². The van der Waals surface area contributed by atoms with Gasteiger partial charge >= 0.3 is 0 Å². The maximum absolute atomic E-state index is 11.6. The van der Waals surface area contributed by atoms with Crippen LogP contribution in [0.5, 0.6) is 11.5 Å². The van der Waals surface area contributed by atoms with Gasteiger partial charge < -0.3 is 14.8 Å². The normalized spacial score (nSPS) is 15.9. The highest BCUT2D eigenvalue weighted by molar-refractivity contribution is 8.26. The first-order chi connectivity index (χ1) is 9.63. The summed E-state index contributed by atoms with van der Waals surface area (Å²) in [5.41, 5.74) is 0.786. The lowest BCUT2D eigenvalue weighted by atomic mass is 10.2. The number of thiocarbonyl (C=S) groups is 1. The van der Waals surface area contributed by atoms with Gasteiger partial charge in [-0.2, -0.15) is 5.26 Å². The van der Waals surface area contributed by atoms with E-state index < -0.39 is 0 Å². The highest BCUT2D eigenvalue weighted by atomic mass is 32.2. The smallest absolute Gasteiger partial charge is 0.263 e. The molecule has 1 aromatic rings. The number of carbonyl (C=O) groups excluding carboxylic acids is 1. The molecule has 20 heavy (non-hydrogen) atoms. The molecule has 1 aromatic carbocycles. The molecular formula is C13H10N2O3S2. The molecule has 0 radical (unpaired) electrons. The van der Waals surface area contributed by atoms with Crippen LogP contribution in [0.25, 0.3) is 6.08 Å². The zero-order valence-electron chi connectivity index (χ0n) is 10.5. The minimum absolute atomic E-state index is 0.0523. The molecule has 5 nitrogen and oxygen atoms in total. The van der Waals surface area contributed by atoms with Crippen molar-refractivity contribution in [3.63, 3.8) is 0 Å². The van der Waals surface area contributed by atoms with Gasteiger partial charge in [0.15, 0.2) is 18.1 Å². The molecular weight excluding hydrogens is 296 g/mol. The Kier molecular flexibility index (Phi) is 4.61. The van der Waals surface area contributed by atoms with Crippen LogP contribution in [-0.4, -0.2) is 23.9 Å². The van der Waals surface area contributed by atoms with Crippen LogP contribution in [0.3, 0.4) is 0 Å². The molecule has 1 saturated heterocycles. The van der Waals surface area contributed by atoms with Gasteiger partial charge in [0.05, 0.1) is 12.0 Å². The highest BCUT2D eigenvalue weighted by Gasteiger charge is 2.22. The number of nitriles is 1. The van der Waals surface area contributed by atoms with Crippen LogP contribution in [0, 0.1) is 11.3 Å². The number of hydrogen-bond acceptors (Lipinski definition) is 6. The molecule has 1 aliphatic heterocycles.